The molecule has 3 aromatic rings. The van der Waals surface area contributed by atoms with Crippen LogP contribution in [0.15, 0.2) is 53.1 Å². The molecule has 2 aromatic heterocycles. The Labute approximate surface area is 154 Å². The molecule has 4 rings (SSSR count). The van der Waals surface area contributed by atoms with Crippen LogP contribution in [0.2, 0.25) is 0 Å². The lowest BCUT2D eigenvalue weighted by molar-refractivity contribution is 0.0736. The van der Waals surface area contributed by atoms with E-state index < -0.39 is 23.1 Å². The molecule has 0 N–H and O–H groups in total. The number of rotatable bonds is 3. The van der Waals surface area contributed by atoms with E-state index in [1.807, 2.05) is 17.0 Å². The SMILES string of the molecule is O=C(c1c(F)cccc1F)N1CCN(c2ccc(-c3ccco3)nn2)CC1. The number of halogens is 2. The Morgan fingerprint density at radius 1 is 0.926 bits per heavy atom. The number of carbonyl (C=O) groups is 1. The molecule has 1 amide bonds. The van der Waals surface area contributed by atoms with E-state index in [2.05, 4.69) is 10.2 Å². The van der Waals surface area contributed by atoms with Crippen LogP contribution in [0.3, 0.4) is 0 Å². The van der Waals surface area contributed by atoms with E-state index in [0.29, 0.717) is 43.5 Å². The van der Waals surface area contributed by atoms with E-state index in [9.17, 15) is 13.6 Å². The van der Waals surface area contributed by atoms with Crippen molar-refractivity contribution in [2.24, 2.45) is 0 Å². The summed E-state index contributed by atoms with van der Waals surface area (Å²) < 4.78 is 32.9. The number of piperazine rings is 1. The topological polar surface area (TPSA) is 62.5 Å². The first-order chi connectivity index (χ1) is 13.1. The first kappa shape index (κ1) is 17.1. The average molecular weight is 370 g/mol. The van der Waals surface area contributed by atoms with Crippen LogP contribution in [0.1, 0.15) is 10.4 Å². The van der Waals surface area contributed by atoms with Crippen molar-refractivity contribution in [3.05, 3.63) is 65.9 Å². The number of nitrogens with zero attached hydrogens (tertiary/aromatic N) is 4. The van der Waals surface area contributed by atoms with Gasteiger partial charge in [0.25, 0.3) is 5.91 Å². The van der Waals surface area contributed by atoms with Crippen LogP contribution < -0.4 is 4.90 Å². The van der Waals surface area contributed by atoms with Crippen molar-refractivity contribution in [3.8, 4) is 11.5 Å². The van der Waals surface area contributed by atoms with Crippen LogP contribution in [0.4, 0.5) is 14.6 Å². The molecule has 27 heavy (non-hydrogen) atoms. The molecule has 3 heterocycles. The van der Waals surface area contributed by atoms with E-state index in [1.54, 1.807) is 18.4 Å². The highest BCUT2D eigenvalue weighted by Crippen LogP contribution is 2.21. The zero-order chi connectivity index (χ0) is 18.8. The first-order valence-electron chi connectivity index (χ1n) is 8.49. The van der Waals surface area contributed by atoms with Gasteiger partial charge >= 0.3 is 0 Å². The van der Waals surface area contributed by atoms with Crippen LogP contribution in [0.5, 0.6) is 0 Å². The van der Waals surface area contributed by atoms with Gasteiger partial charge in [-0.05, 0) is 36.4 Å². The fourth-order valence-electron chi connectivity index (χ4n) is 3.05. The predicted molar refractivity (Wildman–Crippen MR) is 94.2 cm³/mol. The van der Waals surface area contributed by atoms with E-state index in [4.69, 9.17) is 4.42 Å². The van der Waals surface area contributed by atoms with Gasteiger partial charge in [0.05, 0.1) is 6.26 Å². The van der Waals surface area contributed by atoms with Crippen molar-refractivity contribution in [1.82, 2.24) is 15.1 Å². The number of aromatic nitrogens is 2. The minimum Gasteiger partial charge on any atom is -0.463 e. The number of anilines is 1. The van der Waals surface area contributed by atoms with Crippen molar-refractivity contribution in [1.29, 1.82) is 0 Å². The van der Waals surface area contributed by atoms with Gasteiger partial charge in [0.15, 0.2) is 11.6 Å². The number of hydrogen-bond donors (Lipinski definition) is 0. The summed E-state index contributed by atoms with van der Waals surface area (Å²) in [6.07, 6.45) is 1.57. The number of benzene rings is 1. The smallest absolute Gasteiger partial charge is 0.259 e. The van der Waals surface area contributed by atoms with Gasteiger partial charge in [0, 0.05) is 26.2 Å². The Balaban J connectivity index is 1.42. The van der Waals surface area contributed by atoms with Crippen molar-refractivity contribution >= 4 is 11.7 Å². The summed E-state index contributed by atoms with van der Waals surface area (Å²) in [4.78, 5) is 15.9. The molecule has 0 aliphatic carbocycles. The molecule has 1 saturated heterocycles. The Kier molecular flexibility index (Phi) is 4.53. The molecule has 0 spiro atoms. The molecule has 0 unspecified atom stereocenters. The maximum absolute atomic E-state index is 13.8. The van der Waals surface area contributed by atoms with Crippen molar-refractivity contribution < 1.29 is 18.0 Å². The minimum atomic E-state index is -0.846. The lowest BCUT2D eigenvalue weighted by Crippen LogP contribution is -2.49. The summed E-state index contributed by atoms with van der Waals surface area (Å²) in [5.74, 6) is -1.01. The Morgan fingerprint density at radius 2 is 1.67 bits per heavy atom. The van der Waals surface area contributed by atoms with Gasteiger partial charge < -0.3 is 14.2 Å². The van der Waals surface area contributed by atoms with Gasteiger partial charge in [-0.2, -0.15) is 0 Å². The Bertz CT molecular complexity index is 917. The monoisotopic (exact) mass is 370 g/mol. The lowest BCUT2D eigenvalue weighted by atomic mass is 10.1. The summed E-state index contributed by atoms with van der Waals surface area (Å²) in [6, 6.07) is 10.6. The second-order valence-corrected chi connectivity index (χ2v) is 6.13. The van der Waals surface area contributed by atoms with Gasteiger partial charge in [-0.1, -0.05) is 6.07 Å². The molecule has 8 heteroatoms. The summed E-state index contributed by atoms with van der Waals surface area (Å²) in [5.41, 5.74) is 0.126. The molecule has 0 bridgehead atoms. The van der Waals surface area contributed by atoms with Crippen LogP contribution in [-0.2, 0) is 0 Å². The summed E-state index contributed by atoms with van der Waals surface area (Å²) in [7, 11) is 0. The fourth-order valence-corrected chi connectivity index (χ4v) is 3.05. The molecule has 138 valence electrons. The van der Waals surface area contributed by atoms with Crippen LogP contribution in [0.25, 0.3) is 11.5 Å². The molecule has 1 aliphatic heterocycles. The van der Waals surface area contributed by atoms with E-state index in [-0.39, 0.29) is 0 Å². The van der Waals surface area contributed by atoms with Crippen LogP contribution in [-0.4, -0.2) is 47.2 Å². The fraction of sp³-hybridized carbons (Fsp3) is 0.211. The molecule has 1 aliphatic rings. The molecule has 6 nitrogen and oxygen atoms in total. The third-order valence-electron chi connectivity index (χ3n) is 4.49. The van der Waals surface area contributed by atoms with E-state index in [0.717, 1.165) is 12.1 Å². The molecule has 0 atom stereocenters. The van der Waals surface area contributed by atoms with E-state index in [1.165, 1.54) is 11.0 Å². The van der Waals surface area contributed by atoms with Crippen LogP contribution in [0, 0.1) is 11.6 Å². The van der Waals surface area contributed by atoms with Gasteiger partial charge in [-0.15, -0.1) is 10.2 Å². The molecule has 1 aromatic carbocycles. The maximum atomic E-state index is 13.8. The quantitative estimate of drug-likeness (QED) is 0.709. The van der Waals surface area contributed by atoms with Crippen molar-refractivity contribution in [2.45, 2.75) is 0 Å². The zero-order valence-corrected chi connectivity index (χ0v) is 14.3. The lowest BCUT2D eigenvalue weighted by Gasteiger charge is -2.35. The normalized spacial score (nSPS) is 14.4. The number of amides is 1. The van der Waals surface area contributed by atoms with Gasteiger partial charge in [-0.3, -0.25) is 4.79 Å². The summed E-state index contributed by atoms with van der Waals surface area (Å²) >= 11 is 0. The third-order valence-corrected chi connectivity index (χ3v) is 4.49. The highest BCUT2D eigenvalue weighted by Gasteiger charge is 2.27. The highest BCUT2D eigenvalue weighted by molar-refractivity contribution is 5.95. The van der Waals surface area contributed by atoms with Gasteiger partial charge in [0.1, 0.15) is 22.9 Å². The predicted octanol–water partition coefficient (Wildman–Crippen LogP) is 2.98. The first-order valence-corrected chi connectivity index (χ1v) is 8.49. The molecular weight excluding hydrogens is 354 g/mol. The third kappa shape index (κ3) is 3.38. The maximum Gasteiger partial charge on any atom is 0.259 e. The van der Waals surface area contributed by atoms with E-state index >= 15 is 0 Å². The number of carbonyl (C=O) groups excluding carboxylic acids is 1. The van der Waals surface area contributed by atoms with Crippen molar-refractivity contribution in [2.75, 3.05) is 31.1 Å². The largest absolute Gasteiger partial charge is 0.463 e. The number of hydrogen-bond acceptors (Lipinski definition) is 5. The Hall–Kier alpha value is -3.29. The standard InChI is InChI=1S/C19H16F2N4O2/c20-13-3-1-4-14(21)18(13)19(26)25-10-8-24(9-11-25)17-7-6-15(22-23-17)16-5-2-12-27-16/h1-7,12H,8-11H2. The van der Waals surface area contributed by atoms with Gasteiger partial charge in [0.2, 0.25) is 0 Å². The molecule has 0 saturated carbocycles. The molecule has 0 radical (unpaired) electrons. The minimum absolute atomic E-state index is 0.341. The van der Waals surface area contributed by atoms with Gasteiger partial charge in [-0.25, -0.2) is 8.78 Å². The summed E-state index contributed by atoms with van der Waals surface area (Å²) in [5, 5.41) is 8.36. The zero-order valence-electron chi connectivity index (χ0n) is 14.3. The second kappa shape index (κ2) is 7.14. The molecular formula is C19H16F2N4O2. The van der Waals surface area contributed by atoms with Crippen molar-refractivity contribution in [3.63, 3.8) is 0 Å². The Morgan fingerprint density at radius 3 is 2.26 bits per heavy atom. The van der Waals surface area contributed by atoms with Crippen LogP contribution >= 0.6 is 0 Å². The molecule has 1 fully saturated rings. The summed E-state index contributed by atoms with van der Waals surface area (Å²) in [6.45, 7) is 1.68. The highest BCUT2D eigenvalue weighted by atomic mass is 19.1. The average Bonchev–Trinajstić information content (AvgIpc) is 3.23. The number of furan rings is 1. The second-order valence-electron chi connectivity index (χ2n) is 6.13.